The van der Waals surface area contributed by atoms with Crippen LogP contribution in [0.3, 0.4) is 0 Å². The van der Waals surface area contributed by atoms with Crippen LogP contribution in [0.1, 0.15) is 32.1 Å². The third-order valence-corrected chi connectivity index (χ3v) is 6.92. The van der Waals surface area contributed by atoms with Gasteiger partial charge in [0.05, 0.1) is 0 Å². The Labute approximate surface area is 191 Å². The highest BCUT2D eigenvalue weighted by Gasteiger charge is 2.12. The van der Waals surface area contributed by atoms with Gasteiger partial charge in [0.2, 0.25) is 0 Å². The average Bonchev–Trinajstić information content (AvgIpc) is 2.83. The van der Waals surface area contributed by atoms with Crippen molar-refractivity contribution in [1.82, 2.24) is 41.1 Å². The summed E-state index contributed by atoms with van der Waals surface area (Å²) in [5.41, 5.74) is 3.78. The van der Waals surface area contributed by atoms with E-state index in [1.807, 2.05) is 0 Å². The van der Waals surface area contributed by atoms with Gasteiger partial charge in [-0.25, -0.2) is 5.01 Å². The first-order chi connectivity index (χ1) is 15.4. The summed E-state index contributed by atoms with van der Waals surface area (Å²) in [5.74, 6) is 0. The SMILES string of the molecule is C(CCN(CCCCN1CCNCC1)NCCCN1CCNCC1)CN1CCNCC1. The van der Waals surface area contributed by atoms with Crippen molar-refractivity contribution in [2.24, 2.45) is 0 Å². The third kappa shape index (κ3) is 11.4. The molecule has 3 saturated heterocycles. The molecule has 0 aromatic heterocycles. The van der Waals surface area contributed by atoms with E-state index in [0.29, 0.717) is 0 Å². The van der Waals surface area contributed by atoms with E-state index < -0.39 is 0 Å². The third-order valence-electron chi connectivity index (χ3n) is 6.92. The molecule has 8 heteroatoms. The maximum Gasteiger partial charge on any atom is 0.0131 e. The number of hydrazine groups is 1. The van der Waals surface area contributed by atoms with Gasteiger partial charge in [-0.15, -0.1) is 0 Å². The summed E-state index contributed by atoms with van der Waals surface area (Å²) in [7, 11) is 0. The summed E-state index contributed by atoms with van der Waals surface area (Å²) >= 11 is 0. The number of unbranched alkanes of at least 4 members (excludes halogenated alkanes) is 2. The highest BCUT2D eigenvalue weighted by atomic mass is 15.5. The lowest BCUT2D eigenvalue weighted by Crippen LogP contribution is -2.45. The predicted octanol–water partition coefficient (Wildman–Crippen LogP) is -0.541. The van der Waals surface area contributed by atoms with Crippen molar-refractivity contribution in [3.05, 3.63) is 0 Å². The van der Waals surface area contributed by atoms with Gasteiger partial charge in [0, 0.05) is 98.2 Å². The van der Waals surface area contributed by atoms with E-state index >= 15 is 0 Å². The number of piperazine rings is 3. The molecule has 0 aromatic rings. The Morgan fingerprint density at radius 3 is 1.32 bits per heavy atom. The Morgan fingerprint density at radius 1 is 0.516 bits per heavy atom. The maximum absolute atomic E-state index is 3.78. The number of nitrogens with zero attached hydrogens (tertiary/aromatic N) is 4. The molecule has 3 fully saturated rings. The first kappa shape index (κ1) is 25.3. The smallest absolute Gasteiger partial charge is 0.0131 e. The van der Waals surface area contributed by atoms with Crippen LogP contribution in [0.2, 0.25) is 0 Å². The van der Waals surface area contributed by atoms with Crippen molar-refractivity contribution >= 4 is 0 Å². The van der Waals surface area contributed by atoms with Crippen molar-refractivity contribution in [3.8, 4) is 0 Å². The van der Waals surface area contributed by atoms with Gasteiger partial charge >= 0.3 is 0 Å². The Kier molecular flexibility index (Phi) is 13.3. The molecular weight excluding hydrogens is 388 g/mol. The molecule has 31 heavy (non-hydrogen) atoms. The molecule has 0 aromatic carbocycles. The molecule has 0 bridgehead atoms. The lowest BCUT2D eigenvalue weighted by atomic mass is 10.2. The van der Waals surface area contributed by atoms with Gasteiger partial charge in [0.15, 0.2) is 0 Å². The monoisotopic (exact) mass is 438 g/mol. The van der Waals surface area contributed by atoms with E-state index in [-0.39, 0.29) is 0 Å². The molecule has 0 atom stereocenters. The Hall–Kier alpha value is -0.320. The van der Waals surface area contributed by atoms with E-state index in [9.17, 15) is 0 Å². The van der Waals surface area contributed by atoms with Crippen molar-refractivity contribution < 1.29 is 0 Å². The summed E-state index contributed by atoms with van der Waals surface area (Å²) in [5, 5.41) is 12.9. The zero-order valence-corrected chi connectivity index (χ0v) is 20.1. The molecule has 4 N–H and O–H groups in total. The molecule has 182 valence electrons. The highest BCUT2D eigenvalue weighted by Crippen LogP contribution is 2.03. The Morgan fingerprint density at radius 2 is 0.903 bits per heavy atom. The predicted molar refractivity (Wildman–Crippen MR) is 131 cm³/mol. The molecule has 0 saturated carbocycles. The minimum absolute atomic E-state index is 1.11. The molecule has 3 rings (SSSR count). The zero-order valence-electron chi connectivity index (χ0n) is 20.1. The van der Waals surface area contributed by atoms with Gasteiger partial charge < -0.3 is 30.7 Å². The molecule has 0 spiro atoms. The summed E-state index contributed by atoms with van der Waals surface area (Å²) in [6.45, 7) is 21.5. The largest absolute Gasteiger partial charge is 0.314 e. The topological polar surface area (TPSA) is 61.1 Å². The van der Waals surface area contributed by atoms with Gasteiger partial charge in [-0.05, 0) is 51.7 Å². The fourth-order valence-corrected chi connectivity index (χ4v) is 4.89. The second-order valence-corrected chi connectivity index (χ2v) is 9.44. The zero-order chi connectivity index (χ0) is 21.4. The van der Waals surface area contributed by atoms with Gasteiger partial charge in [0.25, 0.3) is 0 Å². The quantitative estimate of drug-likeness (QED) is 0.201. The Bertz CT molecular complexity index is 358. The Balaban J connectivity index is 1.27. The number of rotatable bonds is 15. The minimum atomic E-state index is 1.11. The first-order valence-electron chi connectivity index (χ1n) is 13.2. The molecular formula is C23H50N8. The number of hydrogen-bond acceptors (Lipinski definition) is 8. The van der Waals surface area contributed by atoms with Gasteiger partial charge in [-0.2, -0.15) is 0 Å². The molecule has 3 heterocycles. The lowest BCUT2D eigenvalue weighted by Gasteiger charge is -2.29. The molecule has 0 amide bonds. The normalized spacial score (nSPS) is 22.4. The fourth-order valence-electron chi connectivity index (χ4n) is 4.89. The summed E-state index contributed by atoms with van der Waals surface area (Å²) in [6, 6.07) is 0. The standard InChI is InChI=1S/C23H50N8/c1(13-28-18-7-24-8-19-28)3-16-31(17-4-2-14-29-20-9-25-10-21-29)27-6-5-15-30-22-11-26-12-23-30/h24-27H,1-23H2. The van der Waals surface area contributed by atoms with E-state index in [1.54, 1.807) is 0 Å². The molecule has 3 aliphatic rings. The van der Waals surface area contributed by atoms with Crippen LogP contribution in [-0.4, -0.2) is 138 Å². The second-order valence-electron chi connectivity index (χ2n) is 9.44. The van der Waals surface area contributed by atoms with Crippen LogP contribution in [0.4, 0.5) is 0 Å². The van der Waals surface area contributed by atoms with E-state index in [0.717, 1.165) is 45.8 Å². The number of nitrogens with one attached hydrogen (secondary N) is 4. The van der Waals surface area contributed by atoms with Crippen LogP contribution in [0, 0.1) is 0 Å². The maximum atomic E-state index is 3.78. The molecule has 0 unspecified atom stereocenters. The van der Waals surface area contributed by atoms with Crippen molar-refractivity contribution in [2.75, 3.05) is 118 Å². The van der Waals surface area contributed by atoms with E-state index in [4.69, 9.17) is 0 Å². The summed E-state index contributed by atoms with van der Waals surface area (Å²) < 4.78 is 0. The van der Waals surface area contributed by atoms with Crippen LogP contribution in [-0.2, 0) is 0 Å². The van der Waals surface area contributed by atoms with Gasteiger partial charge in [0.1, 0.15) is 0 Å². The first-order valence-corrected chi connectivity index (χ1v) is 13.2. The van der Waals surface area contributed by atoms with Crippen molar-refractivity contribution in [2.45, 2.75) is 32.1 Å². The van der Waals surface area contributed by atoms with E-state index in [1.165, 1.54) is 104 Å². The van der Waals surface area contributed by atoms with Crippen LogP contribution >= 0.6 is 0 Å². The molecule has 0 radical (unpaired) electrons. The molecule has 0 aliphatic carbocycles. The summed E-state index contributed by atoms with van der Waals surface area (Å²) in [6.07, 6.45) is 6.48. The van der Waals surface area contributed by atoms with Crippen LogP contribution in [0.25, 0.3) is 0 Å². The van der Waals surface area contributed by atoms with Crippen LogP contribution < -0.4 is 21.4 Å². The van der Waals surface area contributed by atoms with Gasteiger partial charge in [-0.3, -0.25) is 5.43 Å². The second kappa shape index (κ2) is 16.3. The highest BCUT2D eigenvalue weighted by molar-refractivity contribution is 4.70. The average molecular weight is 439 g/mol. The van der Waals surface area contributed by atoms with Crippen LogP contribution in [0.5, 0.6) is 0 Å². The van der Waals surface area contributed by atoms with Crippen LogP contribution in [0.15, 0.2) is 0 Å². The van der Waals surface area contributed by atoms with Crippen molar-refractivity contribution in [1.29, 1.82) is 0 Å². The molecule has 3 aliphatic heterocycles. The fraction of sp³-hybridized carbons (Fsp3) is 1.00. The van der Waals surface area contributed by atoms with Crippen molar-refractivity contribution in [3.63, 3.8) is 0 Å². The summed E-state index contributed by atoms with van der Waals surface area (Å²) in [4.78, 5) is 7.84. The van der Waals surface area contributed by atoms with Gasteiger partial charge in [-0.1, -0.05) is 0 Å². The lowest BCUT2D eigenvalue weighted by molar-refractivity contribution is 0.160. The minimum Gasteiger partial charge on any atom is -0.314 e. The number of hydrogen-bond donors (Lipinski definition) is 4. The van der Waals surface area contributed by atoms with E-state index in [2.05, 4.69) is 41.1 Å². The molecule has 8 nitrogen and oxygen atoms in total.